The van der Waals surface area contributed by atoms with Crippen LogP contribution in [0.15, 0.2) is 30.3 Å². The molecule has 0 saturated carbocycles. The molecule has 2 aromatic rings. The Labute approximate surface area is 140 Å². The standard InChI is InChI=1S/C17H20ClN3O2/c1-11-10-15(20-19-11)17(23)21-8-6-13(7-9-21)16(22)12-2-4-14(18)5-3-12/h2-5,10,13,16,22H,6-9H2,1H3,(H,19,20). The van der Waals surface area contributed by atoms with Crippen molar-refractivity contribution in [3.63, 3.8) is 0 Å². The lowest BCUT2D eigenvalue weighted by atomic mass is 9.87. The molecule has 1 aromatic carbocycles. The maximum absolute atomic E-state index is 12.4. The number of H-pyrrole nitrogens is 1. The van der Waals surface area contributed by atoms with Crippen LogP contribution in [0.4, 0.5) is 0 Å². The molecule has 5 nitrogen and oxygen atoms in total. The summed E-state index contributed by atoms with van der Waals surface area (Å²) in [6.07, 6.45) is 1.04. The minimum Gasteiger partial charge on any atom is -0.388 e. The van der Waals surface area contributed by atoms with Gasteiger partial charge >= 0.3 is 0 Å². The van der Waals surface area contributed by atoms with Crippen LogP contribution in [0.25, 0.3) is 0 Å². The van der Waals surface area contributed by atoms with Crippen molar-refractivity contribution >= 4 is 17.5 Å². The number of nitrogens with zero attached hydrogens (tertiary/aromatic N) is 2. The van der Waals surface area contributed by atoms with Crippen LogP contribution in [0.5, 0.6) is 0 Å². The molecule has 0 aliphatic carbocycles. The molecule has 1 atom stereocenters. The van der Waals surface area contributed by atoms with Crippen molar-refractivity contribution in [2.45, 2.75) is 25.9 Å². The first-order valence-corrected chi connectivity index (χ1v) is 8.17. The lowest BCUT2D eigenvalue weighted by Gasteiger charge is -2.34. The Kier molecular flexibility index (Phi) is 4.68. The number of likely N-dealkylation sites (tertiary alicyclic amines) is 1. The molecule has 0 radical (unpaired) electrons. The van der Waals surface area contributed by atoms with Gasteiger partial charge in [0, 0.05) is 23.8 Å². The number of halogens is 1. The zero-order valence-electron chi connectivity index (χ0n) is 13.0. The van der Waals surface area contributed by atoms with Gasteiger partial charge in [-0.05, 0) is 49.4 Å². The van der Waals surface area contributed by atoms with Gasteiger partial charge in [-0.3, -0.25) is 9.89 Å². The van der Waals surface area contributed by atoms with E-state index in [1.165, 1.54) is 0 Å². The molecule has 2 N–H and O–H groups in total. The van der Waals surface area contributed by atoms with Crippen molar-refractivity contribution in [2.75, 3.05) is 13.1 Å². The monoisotopic (exact) mass is 333 g/mol. The van der Waals surface area contributed by atoms with Gasteiger partial charge in [-0.25, -0.2) is 0 Å². The molecule has 1 aliphatic rings. The predicted molar refractivity (Wildman–Crippen MR) is 88.4 cm³/mol. The second-order valence-electron chi connectivity index (χ2n) is 6.06. The van der Waals surface area contributed by atoms with Crippen LogP contribution in [0, 0.1) is 12.8 Å². The van der Waals surface area contributed by atoms with Crippen molar-refractivity contribution in [2.24, 2.45) is 5.92 Å². The van der Waals surface area contributed by atoms with Gasteiger partial charge in [0.05, 0.1) is 6.10 Å². The van der Waals surface area contributed by atoms with E-state index in [-0.39, 0.29) is 11.8 Å². The summed E-state index contributed by atoms with van der Waals surface area (Å²) in [5.74, 6) is 0.106. The van der Waals surface area contributed by atoms with E-state index in [0.717, 1.165) is 24.1 Å². The van der Waals surface area contributed by atoms with Gasteiger partial charge in [0.15, 0.2) is 0 Å². The third kappa shape index (κ3) is 3.57. The molecular formula is C17H20ClN3O2. The molecule has 3 rings (SSSR count). The number of rotatable bonds is 3. The molecule has 122 valence electrons. The first-order valence-electron chi connectivity index (χ1n) is 7.79. The van der Waals surface area contributed by atoms with Gasteiger partial charge in [-0.1, -0.05) is 23.7 Å². The summed E-state index contributed by atoms with van der Waals surface area (Å²) in [5, 5.41) is 18.0. The number of piperidine rings is 1. The van der Waals surface area contributed by atoms with Crippen LogP contribution in [0.2, 0.25) is 5.02 Å². The average Bonchev–Trinajstić information content (AvgIpc) is 3.01. The number of aryl methyl sites for hydroxylation is 1. The van der Waals surface area contributed by atoms with Gasteiger partial charge in [0.25, 0.3) is 5.91 Å². The number of carbonyl (C=O) groups excluding carboxylic acids is 1. The second kappa shape index (κ2) is 6.72. The van der Waals surface area contributed by atoms with Crippen LogP contribution in [-0.4, -0.2) is 39.2 Å². The number of aromatic nitrogens is 2. The fraction of sp³-hybridized carbons (Fsp3) is 0.412. The first kappa shape index (κ1) is 16.0. The number of hydrogen-bond donors (Lipinski definition) is 2. The average molecular weight is 334 g/mol. The highest BCUT2D eigenvalue weighted by Crippen LogP contribution is 2.31. The number of hydrogen-bond acceptors (Lipinski definition) is 3. The van der Waals surface area contributed by atoms with Crippen LogP contribution >= 0.6 is 11.6 Å². The van der Waals surface area contributed by atoms with Gasteiger partial charge in [-0.15, -0.1) is 0 Å². The highest BCUT2D eigenvalue weighted by atomic mass is 35.5. The van der Waals surface area contributed by atoms with E-state index < -0.39 is 6.10 Å². The summed E-state index contributed by atoms with van der Waals surface area (Å²) in [6, 6.07) is 9.06. The molecule has 1 aromatic heterocycles. The van der Waals surface area contributed by atoms with E-state index in [4.69, 9.17) is 11.6 Å². The molecule has 0 spiro atoms. The van der Waals surface area contributed by atoms with Gasteiger partial charge in [-0.2, -0.15) is 5.10 Å². The number of aliphatic hydroxyl groups excluding tert-OH is 1. The van der Waals surface area contributed by atoms with E-state index >= 15 is 0 Å². The largest absolute Gasteiger partial charge is 0.388 e. The summed E-state index contributed by atoms with van der Waals surface area (Å²) in [4.78, 5) is 14.2. The lowest BCUT2D eigenvalue weighted by molar-refractivity contribution is 0.0458. The van der Waals surface area contributed by atoms with E-state index in [9.17, 15) is 9.90 Å². The molecule has 23 heavy (non-hydrogen) atoms. The molecule has 1 unspecified atom stereocenters. The van der Waals surface area contributed by atoms with Crippen molar-refractivity contribution < 1.29 is 9.90 Å². The van der Waals surface area contributed by atoms with Crippen molar-refractivity contribution in [3.8, 4) is 0 Å². The minimum atomic E-state index is -0.517. The SMILES string of the molecule is Cc1cc(C(=O)N2CCC(C(O)c3ccc(Cl)cc3)CC2)n[nH]1. The Hall–Kier alpha value is -1.85. The van der Waals surface area contributed by atoms with Gasteiger partial charge in [0.1, 0.15) is 5.69 Å². The Bertz CT molecular complexity index is 675. The van der Waals surface area contributed by atoms with Crippen molar-refractivity contribution in [1.29, 1.82) is 0 Å². The van der Waals surface area contributed by atoms with E-state index in [2.05, 4.69) is 10.2 Å². The number of aliphatic hydroxyl groups is 1. The Morgan fingerprint density at radius 1 is 1.35 bits per heavy atom. The maximum atomic E-state index is 12.4. The van der Waals surface area contributed by atoms with E-state index in [1.807, 2.05) is 19.1 Å². The molecule has 2 heterocycles. The highest BCUT2D eigenvalue weighted by Gasteiger charge is 2.29. The van der Waals surface area contributed by atoms with Crippen LogP contribution in [0.3, 0.4) is 0 Å². The molecular weight excluding hydrogens is 314 g/mol. The fourth-order valence-electron chi connectivity index (χ4n) is 3.04. The van der Waals surface area contributed by atoms with E-state index in [1.54, 1.807) is 23.1 Å². The number of carbonyl (C=O) groups is 1. The zero-order chi connectivity index (χ0) is 16.4. The van der Waals surface area contributed by atoms with Gasteiger partial charge in [0.2, 0.25) is 0 Å². The summed E-state index contributed by atoms with van der Waals surface area (Å²) in [6.45, 7) is 3.15. The van der Waals surface area contributed by atoms with Crippen LogP contribution in [0.1, 0.15) is 40.7 Å². The third-order valence-electron chi connectivity index (χ3n) is 4.41. The van der Waals surface area contributed by atoms with Crippen molar-refractivity contribution in [3.05, 3.63) is 52.3 Å². The topological polar surface area (TPSA) is 69.2 Å². The molecule has 6 heteroatoms. The summed E-state index contributed by atoms with van der Waals surface area (Å²) in [7, 11) is 0. The zero-order valence-corrected chi connectivity index (χ0v) is 13.8. The molecule has 1 aliphatic heterocycles. The molecule has 1 fully saturated rings. The minimum absolute atomic E-state index is 0.0474. The normalized spacial score (nSPS) is 17.3. The van der Waals surface area contributed by atoms with Crippen LogP contribution < -0.4 is 0 Å². The van der Waals surface area contributed by atoms with Gasteiger partial charge < -0.3 is 10.0 Å². The second-order valence-corrected chi connectivity index (χ2v) is 6.50. The van der Waals surface area contributed by atoms with Crippen molar-refractivity contribution in [1.82, 2.24) is 15.1 Å². The lowest BCUT2D eigenvalue weighted by Crippen LogP contribution is -2.40. The summed E-state index contributed by atoms with van der Waals surface area (Å²) >= 11 is 5.88. The summed E-state index contributed by atoms with van der Waals surface area (Å²) < 4.78 is 0. The number of aromatic amines is 1. The number of nitrogens with one attached hydrogen (secondary N) is 1. The Balaban J connectivity index is 1.59. The Morgan fingerprint density at radius 3 is 2.57 bits per heavy atom. The fourth-order valence-corrected chi connectivity index (χ4v) is 3.17. The molecule has 0 bridgehead atoms. The molecule has 1 amide bonds. The Morgan fingerprint density at radius 2 is 2.00 bits per heavy atom. The maximum Gasteiger partial charge on any atom is 0.274 e. The third-order valence-corrected chi connectivity index (χ3v) is 4.66. The number of benzene rings is 1. The highest BCUT2D eigenvalue weighted by molar-refractivity contribution is 6.30. The van der Waals surface area contributed by atoms with Crippen LogP contribution in [-0.2, 0) is 0 Å². The molecule has 1 saturated heterocycles. The smallest absolute Gasteiger partial charge is 0.274 e. The quantitative estimate of drug-likeness (QED) is 0.907. The van der Waals surface area contributed by atoms with E-state index in [0.29, 0.717) is 23.8 Å². The predicted octanol–water partition coefficient (Wildman–Crippen LogP) is 2.96. The first-order chi connectivity index (χ1) is 11.0. The number of amides is 1. The summed E-state index contributed by atoms with van der Waals surface area (Å²) in [5.41, 5.74) is 2.21.